The second kappa shape index (κ2) is 9.31. The SMILES string of the molecule is CCOC(=O)c1cc2cc(C3CCN(C(C)C)CC3)ccc2n1S(=O)(=O)c1ccc(C)cc1. The Hall–Kier alpha value is -2.64. The maximum Gasteiger partial charge on any atom is 0.356 e. The van der Waals surface area contributed by atoms with Crippen molar-refractivity contribution in [1.29, 1.82) is 0 Å². The van der Waals surface area contributed by atoms with Crippen LogP contribution in [0.5, 0.6) is 0 Å². The molecule has 1 aliphatic heterocycles. The first-order valence-corrected chi connectivity index (χ1v) is 13.0. The summed E-state index contributed by atoms with van der Waals surface area (Å²) in [6, 6.07) is 14.7. The Morgan fingerprint density at radius 1 is 1.06 bits per heavy atom. The van der Waals surface area contributed by atoms with E-state index in [0.717, 1.165) is 40.9 Å². The molecule has 0 N–H and O–H groups in total. The van der Waals surface area contributed by atoms with Gasteiger partial charge in [0.2, 0.25) is 0 Å². The van der Waals surface area contributed by atoms with Crippen molar-refractivity contribution < 1.29 is 17.9 Å². The standard InChI is InChI=1S/C26H32N2O4S/c1-5-32-26(29)25-17-22-16-21(20-12-14-27(15-13-20)18(2)3)8-11-24(22)28(25)33(30,31)23-9-6-19(4)7-10-23/h6-11,16-18,20H,5,12-15H2,1-4H3. The number of hydrogen-bond acceptors (Lipinski definition) is 5. The van der Waals surface area contributed by atoms with Crippen molar-refractivity contribution >= 4 is 26.9 Å². The van der Waals surface area contributed by atoms with Gasteiger partial charge in [0.25, 0.3) is 10.0 Å². The van der Waals surface area contributed by atoms with Crippen LogP contribution in [0.4, 0.5) is 0 Å². The van der Waals surface area contributed by atoms with Gasteiger partial charge in [0, 0.05) is 11.4 Å². The Morgan fingerprint density at radius 3 is 2.33 bits per heavy atom. The van der Waals surface area contributed by atoms with Crippen molar-refractivity contribution in [2.24, 2.45) is 0 Å². The molecule has 0 spiro atoms. The van der Waals surface area contributed by atoms with Gasteiger partial charge in [-0.05, 0) is 95.4 Å². The normalized spacial score (nSPS) is 15.9. The number of ether oxygens (including phenoxy) is 1. The lowest BCUT2D eigenvalue weighted by Gasteiger charge is -2.34. The van der Waals surface area contributed by atoms with Gasteiger partial charge in [0.15, 0.2) is 0 Å². The Labute approximate surface area is 196 Å². The number of esters is 1. The molecule has 0 saturated carbocycles. The number of aromatic nitrogens is 1. The molecular weight excluding hydrogens is 436 g/mol. The zero-order valence-corrected chi connectivity index (χ0v) is 20.6. The monoisotopic (exact) mass is 468 g/mol. The van der Waals surface area contributed by atoms with Crippen LogP contribution in [0.1, 0.15) is 61.1 Å². The van der Waals surface area contributed by atoms with Gasteiger partial charge in [-0.3, -0.25) is 0 Å². The summed E-state index contributed by atoms with van der Waals surface area (Å²) in [5.74, 6) is -0.219. The van der Waals surface area contributed by atoms with Crippen LogP contribution < -0.4 is 0 Å². The molecular formula is C26H32N2O4S. The van der Waals surface area contributed by atoms with E-state index in [2.05, 4.69) is 18.7 Å². The number of likely N-dealkylation sites (tertiary alicyclic amines) is 1. The fourth-order valence-electron chi connectivity index (χ4n) is 4.63. The first-order chi connectivity index (χ1) is 15.7. The number of aryl methyl sites for hydroxylation is 1. The molecule has 3 aromatic rings. The summed E-state index contributed by atoms with van der Waals surface area (Å²) in [4.78, 5) is 15.4. The molecule has 1 saturated heterocycles. The number of nitrogens with zero attached hydrogens (tertiary/aromatic N) is 2. The average molecular weight is 469 g/mol. The number of hydrogen-bond donors (Lipinski definition) is 0. The van der Waals surface area contributed by atoms with Gasteiger partial charge in [-0.1, -0.05) is 23.8 Å². The highest BCUT2D eigenvalue weighted by atomic mass is 32.2. The van der Waals surface area contributed by atoms with Crippen LogP contribution in [0.15, 0.2) is 53.4 Å². The lowest BCUT2D eigenvalue weighted by molar-refractivity contribution is 0.0518. The van der Waals surface area contributed by atoms with E-state index in [1.54, 1.807) is 37.3 Å². The van der Waals surface area contributed by atoms with Gasteiger partial charge in [0.1, 0.15) is 5.69 Å². The predicted molar refractivity (Wildman–Crippen MR) is 130 cm³/mol. The third kappa shape index (κ3) is 4.57. The number of fused-ring (bicyclic) bond motifs is 1. The molecule has 6 nitrogen and oxygen atoms in total. The van der Waals surface area contributed by atoms with Crippen molar-refractivity contribution in [2.45, 2.75) is 57.4 Å². The Kier molecular flexibility index (Phi) is 6.64. The second-order valence-electron chi connectivity index (χ2n) is 9.05. The van der Waals surface area contributed by atoms with Gasteiger partial charge in [-0.15, -0.1) is 0 Å². The molecule has 1 fully saturated rings. The molecule has 33 heavy (non-hydrogen) atoms. The predicted octanol–water partition coefficient (Wildman–Crippen LogP) is 4.95. The van der Waals surface area contributed by atoms with E-state index in [9.17, 15) is 13.2 Å². The van der Waals surface area contributed by atoms with E-state index in [4.69, 9.17) is 4.74 Å². The van der Waals surface area contributed by atoms with Crippen LogP contribution in [0.2, 0.25) is 0 Å². The summed E-state index contributed by atoms with van der Waals surface area (Å²) in [5.41, 5.74) is 2.66. The van der Waals surface area contributed by atoms with Gasteiger partial charge in [-0.25, -0.2) is 17.2 Å². The molecule has 0 bridgehead atoms. The molecule has 2 aromatic carbocycles. The summed E-state index contributed by atoms with van der Waals surface area (Å²) in [6.45, 7) is 10.3. The molecule has 7 heteroatoms. The van der Waals surface area contributed by atoms with E-state index in [-0.39, 0.29) is 17.2 Å². The quantitative estimate of drug-likeness (QED) is 0.479. The topological polar surface area (TPSA) is 68.6 Å². The maximum atomic E-state index is 13.6. The van der Waals surface area contributed by atoms with Crippen LogP contribution in [0, 0.1) is 6.92 Å². The van der Waals surface area contributed by atoms with E-state index in [1.807, 2.05) is 25.1 Å². The van der Waals surface area contributed by atoms with Crippen LogP contribution in [-0.4, -0.2) is 49.0 Å². The number of rotatable bonds is 6. The Balaban J connectivity index is 1.78. The minimum atomic E-state index is -3.98. The molecule has 0 aliphatic carbocycles. The summed E-state index contributed by atoms with van der Waals surface area (Å²) >= 11 is 0. The number of carbonyl (C=O) groups is 1. The highest BCUT2D eigenvalue weighted by Gasteiger charge is 2.28. The molecule has 0 radical (unpaired) electrons. The maximum absolute atomic E-state index is 13.6. The highest BCUT2D eigenvalue weighted by molar-refractivity contribution is 7.90. The van der Waals surface area contributed by atoms with Crippen molar-refractivity contribution in [1.82, 2.24) is 8.87 Å². The van der Waals surface area contributed by atoms with Crippen molar-refractivity contribution in [2.75, 3.05) is 19.7 Å². The van der Waals surface area contributed by atoms with Gasteiger partial charge in [-0.2, -0.15) is 0 Å². The molecule has 1 aliphatic rings. The molecule has 0 amide bonds. The van der Waals surface area contributed by atoms with Crippen molar-refractivity contribution in [3.8, 4) is 0 Å². The first kappa shape index (κ1) is 23.5. The zero-order valence-electron chi connectivity index (χ0n) is 19.7. The van der Waals surface area contributed by atoms with Crippen molar-refractivity contribution in [3.05, 3.63) is 65.4 Å². The largest absolute Gasteiger partial charge is 0.461 e. The Bertz CT molecular complexity index is 1250. The van der Waals surface area contributed by atoms with E-state index in [0.29, 0.717) is 17.5 Å². The van der Waals surface area contributed by atoms with Crippen LogP contribution in [0.25, 0.3) is 10.9 Å². The third-order valence-corrected chi connectivity index (χ3v) is 8.30. The zero-order chi connectivity index (χ0) is 23.8. The average Bonchev–Trinajstić information content (AvgIpc) is 3.19. The second-order valence-corrected chi connectivity index (χ2v) is 10.8. The van der Waals surface area contributed by atoms with E-state index >= 15 is 0 Å². The summed E-state index contributed by atoms with van der Waals surface area (Å²) in [6.07, 6.45) is 2.13. The molecule has 1 aromatic heterocycles. The van der Waals surface area contributed by atoms with Gasteiger partial charge >= 0.3 is 5.97 Å². The minimum Gasteiger partial charge on any atom is -0.461 e. The Morgan fingerprint density at radius 2 is 1.73 bits per heavy atom. The fourth-order valence-corrected chi connectivity index (χ4v) is 6.14. The molecule has 0 atom stereocenters. The lowest BCUT2D eigenvalue weighted by atomic mass is 9.88. The van der Waals surface area contributed by atoms with Gasteiger partial charge < -0.3 is 9.64 Å². The van der Waals surface area contributed by atoms with E-state index in [1.165, 1.54) is 5.56 Å². The molecule has 4 rings (SSSR count). The number of piperidine rings is 1. The first-order valence-electron chi connectivity index (χ1n) is 11.6. The minimum absolute atomic E-state index is 0.0270. The molecule has 176 valence electrons. The summed E-state index contributed by atoms with van der Waals surface area (Å²) in [7, 11) is -3.98. The van der Waals surface area contributed by atoms with Crippen LogP contribution in [0.3, 0.4) is 0 Å². The van der Waals surface area contributed by atoms with Crippen molar-refractivity contribution in [3.63, 3.8) is 0 Å². The van der Waals surface area contributed by atoms with Crippen LogP contribution >= 0.6 is 0 Å². The van der Waals surface area contributed by atoms with E-state index < -0.39 is 16.0 Å². The summed E-state index contributed by atoms with van der Waals surface area (Å²) in [5, 5.41) is 0.734. The highest BCUT2D eigenvalue weighted by Crippen LogP contribution is 2.33. The fraction of sp³-hybridized carbons (Fsp3) is 0.423. The van der Waals surface area contributed by atoms with Gasteiger partial charge in [0.05, 0.1) is 17.0 Å². The van der Waals surface area contributed by atoms with Crippen LogP contribution in [-0.2, 0) is 14.8 Å². The molecule has 0 unspecified atom stereocenters. The summed E-state index contributed by atoms with van der Waals surface area (Å²) < 4.78 is 33.5. The molecule has 2 heterocycles. The number of benzene rings is 2. The number of carbonyl (C=O) groups excluding carboxylic acids is 1. The third-order valence-electron chi connectivity index (χ3n) is 6.56. The lowest BCUT2D eigenvalue weighted by Crippen LogP contribution is -2.37. The smallest absolute Gasteiger partial charge is 0.356 e.